The number of carbonyl (C=O) groups is 1. The minimum atomic E-state index is -0.357. The van der Waals surface area contributed by atoms with Crippen LogP contribution in [0.2, 0.25) is 0 Å². The van der Waals surface area contributed by atoms with E-state index >= 15 is 0 Å². The highest BCUT2D eigenvalue weighted by atomic mass is 79.9. The Morgan fingerprint density at radius 3 is 2.95 bits per heavy atom. The molecule has 0 spiro atoms. The summed E-state index contributed by atoms with van der Waals surface area (Å²) in [4.78, 5) is 12.7. The fraction of sp³-hybridized carbons (Fsp3) is 0.143. The summed E-state index contributed by atoms with van der Waals surface area (Å²) < 4.78 is 12.2. The van der Waals surface area contributed by atoms with Gasteiger partial charge < -0.3 is 9.47 Å². The highest BCUT2D eigenvalue weighted by molar-refractivity contribution is 9.11. The van der Waals surface area contributed by atoms with Crippen LogP contribution in [0.15, 0.2) is 43.7 Å². The summed E-state index contributed by atoms with van der Waals surface area (Å²) in [7, 11) is 1.53. The summed E-state index contributed by atoms with van der Waals surface area (Å²) >= 11 is 8.26. The van der Waals surface area contributed by atoms with Crippen LogP contribution in [0.4, 0.5) is 0 Å². The Balaban J connectivity index is 1.91. The number of thiophene rings is 1. The van der Waals surface area contributed by atoms with Crippen molar-refractivity contribution in [2.45, 2.75) is 0 Å². The van der Waals surface area contributed by atoms with E-state index < -0.39 is 0 Å². The molecule has 0 aliphatic carbocycles. The number of halogens is 2. The lowest BCUT2D eigenvalue weighted by molar-refractivity contribution is -0.123. The maximum absolute atomic E-state index is 11.7. The van der Waals surface area contributed by atoms with Gasteiger partial charge in [0.1, 0.15) is 0 Å². The lowest BCUT2D eigenvalue weighted by Gasteiger charge is -2.12. The Labute approximate surface area is 148 Å². The molecular weight excluding hydrogens is 436 g/mol. The molecule has 0 aliphatic rings. The molecule has 1 aromatic carbocycles. The molecule has 5 nitrogen and oxygen atoms in total. The van der Waals surface area contributed by atoms with Crippen molar-refractivity contribution < 1.29 is 14.3 Å². The Morgan fingerprint density at radius 2 is 2.27 bits per heavy atom. The summed E-state index contributed by atoms with van der Waals surface area (Å²) in [5.41, 5.74) is 2.41. The minimum absolute atomic E-state index is 0.168. The molecule has 0 fully saturated rings. The summed E-state index contributed by atoms with van der Waals surface area (Å²) in [5.74, 6) is 0.629. The van der Waals surface area contributed by atoms with Crippen LogP contribution in [0.3, 0.4) is 0 Å². The molecule has 0 aliphatic heterocycles. The van der Waals surface area contributed by atoms with Gasteiger partial charge in [-0.25, -0.2) is 5.43 Å². The molecule has 1 aromatic heterocycles. The lowest BCUT2D eigenvalue weighted by Crippen LogP contribution is -2.24. The van der Waals surface area contributed by atoms with Crippen molar-refractivity contribution in [1.29, 1.82) is 0 Å². The zero-order chi connectivity index (χ0) is 15.9. The van der Waals surface area contributed by atoms with E-state index in [2.05, 4.69) is 42.4 Å². The molecule has 0 saturated heterocycles. The molecule has 0 atom stereocenters. The fourth-order valence-corrected chi connectivity index (χ4v) is 3.42. The van der Waals surface area contributed by atoms with Crippen LogP contribution in [-0.4, -0.2) is 25.8 Å². The number of methoxy groups -OCH3 is 1. The number of benzene rings is 1. The number of amides is 1. The van der Waals surface area contributed by atoms with Gasteiger partial charge in [0.05, 0.1) is 17.8 Å². The molecule has 1 amide bonds. The molecule has 0 radical (unpaired) electrons. The van der Waals surface area contributed by atoms with Crippen LogP contribution in [0.25, 0.3) is 0 Å². The molecule has 0 bridgehead atoms. The summed E-state index contributed by atoms with van der Waals surface area (Å²) in [5, 5.41) is 5.79. The fourth-order valence-electron chi connectivity index (χ4n) is 1.53. The first-order valence-electron chi connectivity index (χ1n) is 6.11. The van der Waals surface area contributed by atoms with Gasteiger partial charge in [-0.05, 0) is 39.5 Å². The third-order valence-corrected chi connectivity index (χ3v) is 4.32. The van der Waals surface area contributed by atoms with Crippen LogP contribution in [0, 0.1) is 0 Å². The van der Waals surface area contributed by atoms with E-state index in [4.69, 9.17) is 9.47 Å². The number of carbonyl (C=O) groups excluding carboxylic acids is 1. The molecule has 0 unspecified atom stereocenters. The van der Waals surface area contributed by atoms with Crippen LogP contribution in [-0.2, 0) is 4.79 Å². The molecule has 116 valence electrons. The van der Waals surface area contributed by atoms with Crippen molar-refractivity contribution in [1.82, 2.24) is 5.43 Å². The largest absolute Gasteiger partial charge is 0.493 e. The van der Waals surface area contributed by atoms with Crippen molar-refractivity contribution >= 4 is 55.3 Å². The van der Waals surface area contributed by atoms with E-state index in [1.54, 1.807) is 12.3 Å². The van der Waals surface area contributed by atoms with E-state index in [0.29, 0.717) is 16.0 Å². The Hall–Kier alpha value is -1.38. The van der Waals surface area contributed by atoms with E-state index in [1.165, 1.54) is 18.4 Å². The van der Waals surface area contributed by atoms with Gasteiger partial charge in [-0.2, -0.15) is 5.10 Å². The smallest absolute Gasteiger partial charge is 0.277 e. The number of hydrogen-bond acceptors (Lipinski definition) is 5. The molecule has 2 aromatic rings. The van der Waals surface area contributed by atoms with Crippen molar-refractivity contribution in [3.63, 3.8) is 0 Å². The first kappa shape index (κ1) is 17.0. The Morgan fingerprint density at radius 1 is 1.45 bits per heavy atom. The standard InChI is InChI=1S/C14H12Br2N2O3S/c1-20-12-6-9(15)5-11(16)14(12)21-8-13(19)18-17-7-10-3-2-4-22-10/h2-7H,8H2,1H3,(H,18,19)/b17-7+. The third kappa shape index (κ3) is 4.82. The van der Waals surface area contributed by atoms with E-state index in [9.17, 15) is 4.79 Å². The summed E-state index contributed by atoms with van der Waals surface area (Å²) in [6, 6.07) is 7.38. The Kier molecular flexibility index (Phi) is 6.41. The highest BCUT2D eigenvalue weighted by Gasteiger charge is 2.12. The van der Waals surface area contributed by atoms with Crippen molar-refractivity contribution in [3.05, 3.63) is 43.5 Å². The first-order valence-corrected chi connectivity index (χ1v) is 8.58. The molecular formula is C14H12Br2N2O3S. The monoisotopic (exact) mass is 446 g/mol. The number of nitrogens with one attached hydrogen (secondary N) is 1. The lowest BCUT2D eigenvalue weighted by atomic mass is 10.3. The molecule has 0 saturated carbocycles. The normalized spacial score (nSPS) is 10.7. The zero-order valence-electron chi connectivity index (χ0n) is 11.5. The van der Waals surface area contributed by atoms with Crippen molar-refractivity contribution in [3.8, 4) is 11.5 Å². The average molecular weight is 448 g/mol. The van der Waals surface area contributed by atoms with Gasteiger partial charge in [-0.15, -0.1) is 11.3 Å². The number of rotatable bonds is 6. The van der Waals surface area contributed by atoms with E-state index in [1.807, 2.05) is 23.6 Å². The Bertz CT molecular complexity index is 675. The average Bonchev–Trinajstić information content (AvgIpc) is 2.98. The molecule has 1 heterocycles. The molecule has 8 heteroatoms. The van der Waals surface area contributed by atoms with Crippen molar-refractivity contribution in [2.75, 3.05) is 13.7 Å². The highest BCUT2D eigenvalue weighted by Crippen LogP contribution is 2.38. The van der Waals surface area contributed by atoms with Crippen molar-refractivity contribution in [2.24, 2.45) is 5.10 Å². The van der Waals surface area contributed by atoms with Gasteiger partial charge in [0.25, 0.3) is 5.91 Å². The molecule has 1 N–H and O–H groups in total. The van der Waals surface area contributed by atoms with Crippen LogP contribution < -0.4 is 14.9 Å². The topological polar surface area (TPSA) is 59.9 Å². The number of hydrogen-bond donors (Lipinski definition) is 1. The van der Waals surface area contributed by atoms with Gasteiger partial charge in [-0.3, -0.25) is 4.79 Å². The predicted octanol–water partition coefficient (Wildman–Crippen LogP) is 3.81. The van der Waals surface area contributed by atoms with Gasteiger partial charge in [0.2, 0.25) is 0 Å². The second kappa shape index (κ2) is 8.30. The third-order valence-electron chi connectivity index (χ3n) is 2.47. The second-order valence-corrected chi connectivity index (χ2v) is 6.77. The zero-order valence-corrected chi connectivity index (χ0v) is 15.5. The molecule has 2 rings (SSSR count). The van der Waals surface area contributed by atoms with Gasteiger partial charge in [0, 0.05) is 9.35 Å². The SMILES string of the molecule is COc1cc(Br)cc(Br)c1OCC(=O)N/N=C/c1cccs1. The van der Waals surface area contributed by atoms with Gasteiger partial charge in [-0.1, -0.05) is 22.0 Å². The van der Waals surface area contributed by atoms with Gasteiger partial charge >= 0.3 is 0 Å². The minimum Gasteiger partial charge on any atom is -0.493 e. The van der Waals surface area contributed by atoms with E-state index in [-0.39, 0.29) is 12.5 Å². The number of nitrogens with zero attached hydrogens (tertiary/aromatic N) is 1. The van der Waals surface area contributed by atoms with Gasteiger partial charge in [0.15, 0.2) is 18.1 Å². The maximum atomic E-state index is 11.7. The molecule has 22 heavy (non-hydrogen) atoms. The number of hydrazone groups is 1. The summed E-state index contributed by atoms with van der Waals surface area (Å²) in [6.07, 6.45) is 1.58. The second-order valence-electron chi connectivity index (χ2n) is 4.02. The number of ether oxygens (including phenoxy) is 2. The maximum Gasteiger partial charge on any atom is 0.277 e. The van der Waals surface area contributed by atoms with E-state index in [0.717, 1.165) is 9.35 Å². The summed E-state index contributed by atoms with van der Waals surface area (Å²) in [6.45, 7) is -0.168. The first-order chi connectivity index (χ1) is 10.6. The quantitative estimate of drug-likeness (QED) is 0.541. The van der Waals surface area contributed by atoms with Crippen LogP contribution in [0.5, 0.6) is 11.5 Å². The van der Waals surface area contributed by atoms with Crippen LogP contribution >= 0.6 is 43.2 Å². The van der Waals surface area contributed by atoms with Crippen LogP contribution in [0.1, 0.15) is 4.88 Å². The predicted molar refractivity (Wildman–Crippen MR) is 93.9 cm³/mol.